The quantitative estimate of drug-likeness (QED) is 0.856. The third-order valence-corrected chi connectivity index (χ3v) is 8.65. The fourth-order valence-corrected chi connectivity index (χ4v) is 6.01. The zero-order valence-corrected chi connectivity index (χ0v) is 15.1. The van der Waals surface area contributed by atoms with E-state index in [1.165, 1.54) is 38.5 Å². The topological polar surface area (TPSA) is 66.5 Å². The zero-order valence-electron chi connectivity index (χ0n) is 14.3. The first-order valence-corrected chi connectivity index (χ1v) is 10.8. The molecular weight excluding hydrogens is 312 g/mol. The molecule has 0 aromatic carbocycles. The Balaban J connectivity index is 1.44. The molecule has 6 heteroatoms. The van der Waals surface area contributed by atoms with Crippen LogP contribution in [0.25, 0.3) is 0 Å². The second kappa shape index (κ2) is 6.61. The summed E-state index contributed by atoms with van der Waals surface area (Å²) in [5.74, 6) is 2.34. The third-order valence-electron chi connectivity index (χ3n) is 6.11. The van der Waals surface area contributed by atoms with Crippen LogP contribution in [0.5, 0.6) is 0 Å². The van der Waals surface area contributed by atoms with Gasteiger partial charge in [-0.05, 0) is 38.0 Å². The molecule has 5 nitrogen and oxygen atoms in total. The van der Waals surface area contributed by atoms with Crippen molar-refractivity contribution < 1.29 is 13.2 Å². The van der Waals surface area contributed by atoms with Crippen LogP contribution >= 0.6 is 0 Å². The standard InChI is InChI=1S/C17H30N2O3S/c1-12-10-19(11-13(2)23(12,21)22)17(20)18-9-15-8-16(15)14-6-4-3-5-7-14/h12-16H,3-11H2,1-2H3,(H,18,20)/t12?,13?,15-,16-/m0/s1. The Hall–Kier alpha value is -0.780. The summed E-state index contributed by atoms with van der Waals surface area (Å²) in [6, 6.07) is -0.0899. The van der Waals surface area contributed by atoms with Crippen LogP contribution in [0.15, 0.2) is 0 Å². The van der Waals surface area contributed by atoms with Crippen molar-refractivity contribution in [1.82, 2.24) is 10.2 Å². The summed E-state index contributed by atoms with van der Waals surface area (Å²) < 4.78 is 24.0. The van der Waals surface area contributed by atoms with E-state index >= 15 is 0 Å². The summed E-state index contributed by atoms with van der Waals surface area (Å²) in [6.45, 7) is 4.78. The molecule has 0 aromatic heterocycles. The van der Waals surface area contributed by atoms with Gasteiger partial charge >= 0.3 is 6.03 Å². The van der Waals surface area contributed by atoms with Gasteiger partial charge < -0.3 is 10.2 Å². The third kappa shape index (κ3) is 3.67. The molecule has 3 fully saturated rings. The summed E-state index contributed by atoms with van der Waals surface area (Å²) in [6.07, 6.45) is 8.13. The Morgan fingerprint density at radius 2 is 1.70 bits per heavy atom. The first-order chi connectivity index (χ1) is 10.9. The van der Waals surface area contributed by atoms with Crippen molar-refractivity contribution in [3.05, 3.63) is 0 Å². The molecule has 0 bridgehead atoms. The summed E-state index contributed by atoms with van der Waals surface area (Å²) >= 11 is 0. The molecule has 1 aliphatic heterocycles. The molecule has 4 atom stereocenters. The number of rotatable bonds is 3. The number of nitrogens with zero attached hydrogens (tertiary/aromatic N) is 1. The highest BCUT2D eigenvalue weighted by Crippen LogP contribution is 2.48. The molecule has 1 heterocycles. The number of hydrogen-bond acceptors (Lipinski definition) is 3. The van der Waals surface area contributed by atoms with E-state index < -0.39 is 20.3 Å². The molecule has 132 valence electrons. The number of amides is 2. The van der Waals surface area contributed by atoms with Gasteiger partial charge in [0.25, 0.3) is 0 Å². The Morgan fingerprint density at radius 1 is 1.09 bits per heavy atom. The number of hydrogen-bond donors (Lipinski definition) is 1. The van der Waals surface area contributed by atoms with Gasteiger partial charge in [-0.1, -0.05) is 32.1 Å². The average Bonchev–Trinajstić information content (AvgIpc) is 3.31. The first-order valence-electron chi connectivity index (χ1n) is 9.15. The minimum Gasteiger partial charge on any atom is -0.338 e. The van der Waals surface area contributed by atoms with E-state index in [4.69, 9.17) is 0 Å². The number of nitrogens with one attached hydrogen (secondary N) is 1. The van der Waals surface area contributed by atoms with Crippen molar-refractivity contribution in [2.75, 3.05) is 19.6 Å². The smallest absolute Gasteiger partial charge is 0.317 e. The maximum absolute atomic E-state index is 12.3. The number of urea groups is 1. The lowest BCUT2D eigenvalue weighted by Gasteiger charge is -2.34. The number of carbonyl (C=O) groups is 1. The van der Waals surface area contributed by atoms with Crippen LogP contribution in [0.4, 0.5) is 4.79 Å². The highest BCUT2D eigenvalue weighted by atomic mass is 32.2. The van der Waals surface area contributed by atoms with Crippen molar-refractivity contribution in [3.63, 3.8) is 0 Å². The second-order valence-corrected chi connectivity index (χ2v) is 10.6. The van der Waals surface area contributed by atoms with E-state index in [2.05, 4.69) is 5.32 Å². The molecule has 3 rings (SSSR count). The van der Waals surface area contributed by atoms with Crippen molar-refractivity contribution in [2.45, 2.75) is 62.9 Å². The fourth-order valence-electron chi connectivity index (χ4n) is 4.44. The van der Waals surface area contributed by atoms with Gasteiger partial charge in [0.1, 0.15) is 0 Å². The molecule has 0 spiro atoms. The minimum absolute atomic E-state index is 0.0899. The van der Waals surface area contributed by atoms with E-state index in [0.29, 0.717) is 19.0 Å². The Kier molecular flexibility index (Phi) is 4.90. The largest absolute Gasteiger partial charge is 0.338 e. The van der Waals surface area contributed by atoms with E-state index in [1.54, 1.807) is 18.7 Å². The molecule has 2 unspecified atom stereocenters. The molecule has 0 radical (unpaired) electrons. The number of sulfone groups is 1. The van der Waals surface area contributed by atoms with Gasteiger partial charge in [-0.3, -0.25) is 0 Å². The maximum Gasteiger partial charge on any atom is 0.317 e. The minimum atomic E-state index is -3.07. The lowest BCUT2D eigenvalue weighted by Crippen LogP contribution is -2.55. The second-order valence-electron chi connectivity index (χ2n) is 7.86. The van der Waals surface area contributed by atoms with Crippen LogP contribution in [0.2, 0.25) is 0 Å². The zero-order chi connectivity index (χ0) is 16.6. The van der Waals surface area contributed by atoms with Crippen LogP contribution in [0.3, 0.4) is 0 Å². The van der Waals surface area contributed by atoms with Gasteiger partial charge in [0.15, 0.2) is 9.84 Å². The van der Waals surface area contributed by atoms with Gasteiger partial charge in [-0.25, -0.2) is 13.2 Å². The highest BCUT2D eigenvalue weighted by Gasteiger charge is 2.43. The summed E-state index contributed by atoms with van der Waals surface area (Å²) in [5.41, 5.74) is 0. The molecule has 23 heavy (non-hydrogen) atoms. The van der Waals surface area contributed by atoms with E-state index in [0.717, 1.165) is 18.4 Å². The molecular formula is C17H30N2O3S. The Labute approximate surface area is 140 Å². The first kappa shape index (κ1) is 17.1. The number of carbonyl (C=O) groups excluding carboxylic acids is 1. The van der Waals surface area contributed by atoms with Gasteiger partial charge in [0, 0.05) is 19.6 Å². The van der Waals surface area contributed by atoms with Crippen molar-refractivity contribution in [2.24, 2.45) is 17.8 Å². The SMILES string of the molecule is CC1CN(C(=O)NC[C@@H]2C[C@H]2C2CCCCC2)CC(C)S1(=O)=O. The monoisotopic (exact) mass is 342 g/mol. The van der Waals surface area contributed by atoms with Crippen LogP contribution in [0.1, 0.15) is 52.4 Å². The predicted molar refractivity (Wildman–Crippen MR) is 91.0 cm³/mol. The van der Waals surface area contributed by atoms with Crippen molar-refractivity contribution in [3.8, 4) is 0 Å². The normalized spacial score (nSPS) is 37.4. The molecule has 2 saturated carbocycles. The molecule has 1 N–H and O–H groups in total. The predicted octanol–water partition coefficient (Wildman–Crippen LogP) is 2.42. The summed E-state index contributed by atoms with van der Waals surface area (Å²) in [5, 5.41) is 2.11. The van der Waals surface area contributed by atoms with E-state index in [9.17, 15) is 13.2 Å². The summed E-state index contributed by atoms with van der Waals surface area (Å²) in [4.78, 5) is 14.0. The molecule has 0 aromatic rings. The van der Waals surface area contributed by atoms with Gasteiger partial charge in [0.05, 0.1) is 10.5 Å². The van der Waals surface area contributed by atoms with Gasteiger partial charge in [0.2, 0.25) is 0 Å². The maximum atomic E-state index is 12.3. The summed E-state index contributed by atoms with van der Waals surface area (Å²) in [7, 11) is -3.07. The molecule has 2 amide bonds. The fraction of sp³-hybridized carbons (Fsp3) is 0.941. The van der Waals surface area contributed by atoms with Crippen molar-refractivity contribution >= 4 is 15.9 Å². The molecule has 2 aliphatic carbocycles. The van der Waals surface area contributed by atoms with E-state index in [1.807, 2.05) is 0 Å². The lowest BCUT2D eigenvalue weighted by atomic mass is 9.85. The van der Waals surface area contributed by atoms with Gasteiger partial charge in [-0.15, -0.1) is 0 Å². The Morgan fingerprint density at radius 3 is 2.30 bits per heavy atom. The highest BCUT2D eigenvalue weighted by molar-refractivity contribution is 7.92. The molecule has 1 saturated heterocycles. The van der Waals surface area contributed by atoms with Crippen molar-refractivity contribution in [1.29, 1.82) is 0 Å². The van der Waals surface area contributed by atoms with Gasteiger partial charge in [-0.2, -0.15) is 0 Å². The van der Waals surface area contributed by atoms with Crippen LogP contribution < -0.4 is 5.32 Å². The van der Waals surface area contributed by atoms with E-state index in [-0.39, 0.29) is 6.03 Å². The molecule has 3 aliphatic rings. The average molecular weight is 343 g/mol. The van der Waals surface area contributed by atoms with Crippen LogP contribution in [0, 0.1) is 17.8 Å². The lowest BCUT2D eigenvalue weighted by molar-refractivity contribution is 0.194. The van der Waals surface area contributed by atoms with Crippen LogP contribution in [-0.2, 0) is 9.84 Å². The van der Waals surface area contributed by atoms with Crippen LogP contribution in [-0.4, -0.2) is 49.5 Å². The Bertz CT molecular complexity index is 524.